The summed E-state index contributed by atoms with van der Waals surface area (Å²) in [6.45, 7) is 0.896. The third-order valence-electron chi connectivity index (χ3n) is 5.49. The highest BCUT2D eigenvalue weighted by Gasteiger charge is 2.22. The molecule has 1 aromatic heterocycles. The van der Waals surface area contributed by atoms with E-state index in [9.17, 15) is 4.79 Å². The van der Waals surface area contributed by atoms with Gasteiger partial charge in [0, 0.05) is 19.2 Å². The molecule has 158 valence electrons. The summed E-state index contributed by atoms with van der Waals surface area (Å²) in [5.74, 6) is 1.75. The minimum atomic E-state index is -0.0517. The maximum atomic E-state index is 12.8. The van der Waals surface area contributed by atoms with E-state index < -0.39 is 0 Å². The normalized spacial score (nSPS) is 11.9. The second kappa shape index (κ2) is 9.49. The van der Waals surface area contributed by atoms with E-state index in [4.69, 9.17) is 9.15 Å². The quantitative estimate of drug-likeness (QED) is 0.477. The molecule has 31 heavy (non-hydrogen) atoms. The number of furan rings is 1. The predicted octanol–water partition coefficient (Wildman–Crippen LogP) is 3.75. The van der Waals surface area contributed by atoms with Gasteiger partial charge in [0.25, 0.3) is 5.91 Å². The van der Waals surface area contributed by atoms with E-state index in [1.165, 1.54) is 0 Å². The molecule has 1 heterocycles. The van der Waals surface area contributed by atoms with Crippen molar-refractivity contribution in [2.45, 2.75) is 12.6 Å². The van der Waals surface area contributed by atoms with Gasteiger partial charge in [0.05, 0.1) is 13.4 Å². The fourth-order valence-corrected chi connectivity index (χ4v) is 3.78. The number of benzene rings is 3. The lowest BCUT2D eigenvalue weighted by Crippen LogP contribution is -2.87. The Hall–Kier alpha value is -3.57. The van der Waals surface area contributed by atoms with Crippen LogP contribution in [0.2, 0.25) is 0 Å². The van der Waals surface area contributed by atoms with E-state index in [-0.39, 0.29) is 11.9 Å². The summed E-state index contributed by atoms with van der Waals surface area (Å²) in [6.07, 6.45) is 1.67. The number of nitrogens with two attached hydrogens (primary N) is 1. The number of carbonyl (C=O) groups excluding carboxylic acids is 1. The summed E-state index contributed by atoms with van der Waals surface area (Å²) in [4.78, 5) is 14.6. The van der Waals surface area contributed by atoms with Crippen LogP contribution in [-0.2, 0) is 11.3 Å². The first kappa shape index (κ1) is 20.7. The second-order valence-electron chi connectivity index (χ2n) is 7.64. The largest absolute Gasteiger partial charge is 0.497 e. The SMILES string of the molecule is COc1ccc2cc(CN(C)C(=O)C[NH2+][C@H](c3ccccc3)c3ccco3)ccc2c1. The highest BCUT2D eigenvalue weighted by Crippen LogP contribution is 2.22. The van der Waals surface area contributed by atoms with Gasteiger partial charge in [-0.25, -0.2) is 0 Å². The Morgan fingerprint density at radius 3 is 2.52 bits per heavy atom. The minimum absolute atomic E-state index is 0.0517. The van der Waals surface area contributed by atoms with Crippen molar-refractivity contribution in [3.05, 3.63) is 102 Å². The van der Waals surface area contributed by atoms with Crippen LogP contribution < -0.4 is 10.1 Å². The summed E-state index contributed by atoms with van der Waals surface area (Å²) in [5, 5.41) is 4.28. The summed E-state index contributed by atoms with van der Waals surface area (Å²) >= 11 is 0. The van der Waals surface area contributed by atoms with Gasteiger partial charge in [0.15, 0.2) is 18.3 Å². The lowest BCUT2D eigenvalue weighted by atomic mass is 10.0. The van der Waals surface area contributed by atoms with Crippen LogP contribution in [0, 0.1) is 0 Å². The van der Waals surface area contributed by atoms with Crippen LogP contribution >= 0.6 is 0 Å². The van der Waals surface area contributed by atoms with E-state index in [0.717, 1.165) is 33.4 Å². The van der Waals surface area contributed by atoms with Gasteiger partial charge in [-0.3, -0.25) is 4.79 Å². The number of carbonyl (C=O) groups is 1. The number of rotatable bonds is 8. The molecule has 0 saturated carbocycles. The van der Waals surface area contributed by atoms with Gasteiger partial charge in [0.2, 0.25) is 0 Å². The molecule has 0 bridgehead atoms. The van der Waals surface area contributed by atoms with Crippen molar-refractivity contribution >= 4 is 16.7 Å². The maximum Gasteiger partial charge on any atom is 0.277 e. The van der Waals surface area contributed by atoms with Crippen molar-refractivity contribution in [2.75, 3.05) is 20.7 Å². The maximum absolute atomic E-state index is 12.8. The first-order valence-corrected chi connectivity index (χ1v) is 10.4. The number of methoxy groups -OCH3 is 1. The van der Waals surface area contributed by atoms with Crippen molar-refractivity contribution in [1.82, 2.24) is 4.90 Å². The molecule has 1 atom stereocenters. The van der Waals surface area contributed by atoms with Gasteiger partial charge in [-0.15, -0.1) is 0 Å². The molecule has 4 rings (SSSR count). The molecular weight excluding hydrogens is 388 g/mol. The molecule has 0 fully saturated rings. The van der Waals surface area contributed by atoms with Crippen LogP contribution in [0.25, 0.3) is 10.8 Å². The zero-order valence-corrected chi connectivity index (χ0v) is 17.8. The predicted molar refractivity (Wildman–Crippen MR) is 121 cm³/mol. The van der Waals surface area contributed by atoms with Crippen molar-refractivity contribution in [1.29, 1.82) is 0 Å². The van der Waals surface area contributed by atoms with Gasteiger partial charge < -0.3 is 19.4 Å². The van der Waals surface area contributed by atoms with Crippen molar-refractivity contribution < 1.29 is 19.3 Å². The van der Waals surface area contributed by atoms with Crippen molar-refractivity contribution in [2.24, 2.45) is 0 Å². The summed E-state index contributed by atoms with van der Waals surface area (Å²) in [6, 6.07) is 26.1. The van der Waals surface area contributed by atoms with E-state index in [1.807, 2.05) is 60.9 Å². The Bertz CT molecular complexity index is 1140. The van der Waals surface area contributed by atoms with Crippen LogP contribution in [0.4, 0.5) is 0 Å². The van der Waals surface area contributed by atoms with E-state index in [2.05, 4.69) is 30.3 Å². The fraction of sp³-hybridized carbons (Fsp3) is 0.192. The van der Waals surface area contributed by atoms with Gasteiger partial charge in [-0.05, 0) is 46.7 Å². The molecule has 2 N–H and O–H groups in total. The van der Waals surface area contributed by atoms with Crippen molar-refractivity contribution in [3.63, 3.8) is 0 Å². The number of hydrogen-bond donors (Lipinski definition) is 1. The third kappa shape index (κ3) is 4.95. The summed E-state index contributed by atoms with van der Waals surface area (Å²) in [7, 11) is 3.51. The molecule has 0 spiro atoms. The van der Waals surface area contributed by atoms with Crippen molar-refractivity contribution in [3.8, 4) is 5.75 Å². The first-order valence-electron chi connectivity index (χ1n) is 10.4. The number of fused-ring (bicyclic) bond motifs is 1. The Kier molecular flexibility index (Phi) is 6.34. The van der Waals surface area contributed by atoms with Crippen LogP contribution in [0.1, 0.15) is 22.9 Å². The smallest absolute Gasteiger partial charge is 0.277 e. The molecule has 5 heteroatoms. The highest BCUT2D eigenvalue weighted by molar-refractivity contribution is 5.84. The molecule has 0 radical (unpaired) electrons. The Labute approximate surface area is 182 Å². The van der Waals surface area contributed by atoms with E-state index in [1.54, 1.807) is 18.3 Å². The second-order valence-corrected chi connectivity index (χ2v) is 7.64. The standard InChI is InChI=1S/C26H26N2O3/c1-28(18-19-10-11-22-16-23(30-2)13-12-21(22)15-19)25(29)17-27-26(24-9-6-14-31-24)20-7-4-3-5-8-20/h3-16,26-27H,17-18H2,1-2H3/p+1/t26-/m1/s1. The molecule has 1 amide bonds. The minimum Gasteiger partial charge on any atom is -0.497 e. The molecule has 0 aliphatic heterocycles. The van der Waals surface area contributed by atoms with Crippen LogP contribution in [0.15, 0.2) is 89.5 Å². The average Bonchev–Trinajstić information content (AvgIpc) is 3.34. The lowest BCUT2D eigenvalue weighted by Gasteiger charge is -2.19. The van der Waals surface area contributed by atoms with Crippen LogP contribution in [0.5, 0.6) is 5.75 Å². The zero-order chi connectivity index (χ0) is 21.6. The third-order valence-corrected chi connectivity index (χ3v) is 5.49. The Balaban J connectivity index is 1.41. The number of ether oxygens (including phenoxy) is 1. The Morgan fingerprint density at radius 1 is 1.00 bits per heavy atom. The highest BCUT2D eigenvalue weighted by atomic mass is 16.5. The van der Waals surface area contributed by atoms with Gasteiger partial charge in [-0.1, -0.05) is 48.5 Å². The van der Waals surface area contributed by atoms with Gasteiger partial charge in [-0.2, -0.15) is 0 Å². The molecule has 0 saturated heterocycles. The van der Waals surface area contributed by atoms with Crippen LogP contribution in [0.3, 0.4) is 0 Å². The number of likely N-dealkylation sites (N-methyl/N-ethyl adjacent to an activating group) is 1. The first-order chi connectivity index (χ1) is 15.1. The molecule has 3 aromatic carbocycles. The number of amides is 1. The average molecular weight is 416 g/mol. The van der Waals surface area contributed by atoms with Crippen LogP contribution in [-0.4, -0.2) is 31.5 Å². The number of nitrogens with zero attached hydrogens (tertiary/aromatic N) is 1. The zero-order valence-electron chi connectivity index (χ0n) is 17.8. The summed E-state index contributed by atoms with van der Waals surface area (Å²) < 4.78 is 10.9. The van der Waals surface area contributed by atoms with Gasteiger partial charge >= 0.3 is 0 Å². The fourth-order valence-electron chi connectivity index (χ4n) is 3.78. The van der Waals surface area contributed by atoms with E-state index >= 15 is 0 Å². The van der Waals surface area contributed by atoms with E-state index in [0.29, 0.717) is 13.1 Å². The molecule has 0 aliphatic rings. The monoisotopic (exact) mass is 415 g/mol. The number of quaternary nitrogens is 1. The molecule has 5 nitrogen and oxygen atoms in total. The topological polar surface area (TPSA) is 59.3 Å². The Morgan fingerprint density at radius 2 is 1.77 bits per heavy atom. The summed E-state index contributed by atoms with van der Waals surface area (Å²) in [5.41, 5.74) is 2.21. The molecule has 0 unspecified atom stereocenters. The van der Waals surface area contributed by atoms with Gasteiger partial charge in [0.1, 0.15) is 5.75 Å². The molecule has 0 aliphatic carbocycles. The molecule has 4 aromatic rings. The lowest BCUT2D eigenvalue weighted by molar-refractivity contribution is -0.679. The molecular formula is C26H27N2O3+. The number of hydrogen-bond acceptors (Lipinski definition) is 3.